The highest BCUT2D eigenvalue weighted by molar-refractivity contribution is 5.83. The predicted molar refractivity (Wildman–Crippen MR) is 94.2 cm³/mol. The molecule has 7 heteroatoms. The van der Waals surface area contributed by atoms with Crippen molar-refractivity contribution in [1.82, 2.24) is 5.32 Å². The van der Waals surface area contributed by atoms with Gasteiger partial charge in [0.1, 0.15) is 6.04 Å². The van der Waals surface area contributed by atoms with Crippen molar-refractivity contribution < 1.29 is 29.7 Å². The van der Waals surface area contributed by atoms with Crippen LogP contribution in [-0.2, 0) is 14.4 Å². The van der Waals surface area contributed by atoms with Crippen molar-refractivity contribution in [1.29, 1.82) is 0 Å². The minimum absolute atomic E-state index is 0.258. The van der Waals surface area contributed by atoms with E-state index in [1.165, 1.54) is 0 Å². The molecular weight excluding hydrogens is 326 g/mol. The van der Waals surface area contributed by atoms with Gasteiger partial charge in [-0.1, -0.05) is 31.4 Å². The Balaban J connectivity index is 3.44. The lowest BCUT2D eigenvalue weighted by atomic mass is 10.1. The number of aliphatic hydroxyl groups is 1. The Morgan fingerprint density at radius 2 is 1.32 bits per heavy atom. The van der Waals surface area contributed by atoms with Gasteiger partial charge in [-0.05, 0) is 38.5 Å². The number of aliphatic hydroxyl groups excluding tert-OH is 1. The van der Waals surface area contributed by atoms with Crippen LogP contribution in [0.4, 0.5) is 0 Å². The topological polar surface area (TPSA) is 124 Å². The summed E-state index contributed by atoms with van der Waals surface area (Å²) in [5.74, 6) is -2.32. The molecule has 1 unspecified atom stereocenters. The number of carbonyl (C=O) groups is 3. The summed E-state index contributed by atoms with van der Waals surface area (Å²) in [6, 6.07) is -1.23. The molecule has 0 aliphatic carbocycles. The Kier molecular flexibility index (Phi) is 14.4. The smallest absolute Gasteiger partial charge is 0.328 e. The molecule has 0 aromatic heterocycles. The molecule has 4 N–H and O–H groups in total. The zero-order chi connectivity index (χ0) is 18.9. The Hall–Kier alpha value is -1.89. The summed E-state index contributed by atoms with van der Waals surface area (Å²) in [7, 11) is 0. The SMILES string of the molecule is O=C(O)CCCCCCC/C=C\CCCCC(=O)NC(CO)C(=O)O. The van der Waals surface area contributed by atoms with Crippen LogP contribution < -0.4 is 5.32 Å². The van der Waals surface area contributed by atoms with E-state index < -0.39 is 24.6 Å². The first kappa shape index (κ1) is 23.1. The molecule has 0 rings (SSSR count). The average Bonchev–Trinajstić information content (AvgIpc) is 2.56. The molecule has 0 radical (unpaired) electrons. The largest absolute Gasteiger partial charge is 0.481 e. The van der Waals surface area contributed by atoms with Crippen molar-refractivity contribution in [2.24, 2.45) is 0 Å². The van der Waals surface area contributed by atoms with Gasteiger partial charge < -0.3 is 20.6 Å². The molecule has 0 fully saturated rings. The van der Waals surface area contributed by atoms with E-state index in [0.717, 1.165) is 51.4 Å². The van der Waals surface area contributed by atoms with Crippen LogP contribution in [0, 0.1) is 0 Å². The van der Waals surface area contributed by atoms with Crippen LogP contribution in [0.3, 0.4) is 0 Å². The van der Waals surface area contributed by atoms with Gasteiger partial charge in [-0.25, -0.2) is 4.79 Å². The van der Waals surface area contributed by atoms with Crippen molar-refractivity contribution in [3.05, 3.63) is 12.2 Å². The highest BCUT2D eigenvalue weighted by Crippen LogP contribution is 2.08. The first-order chi connectivity index (χ1) is 12.0. The van der Waals surface area contributed by atoms with Gasteiger partial charge in [-0.15, -0.1) is 0 Å². The Bertz CT molecular complexity index is 422. The Morgan fingerprint density at radius 1 is 0.800 bits per heavy atom. The van der Waals surface area contributed by atoms with Crippen molar-refractivity contribution >= 4 is 17.8 Å². The van der Waals surface area contributed by atoms with E-state index in [1.54, 1.807) is 0 Å². The molecule has 144 valence electrons. The first-order valence-electron chi connectivity index (χ1n) is 8.97. The highest BCUT2D eigenvalue weighted by atomic mass is 16.4. The van der Waals surface area contributed by atoms with E-state index in [2.05, 4.69) is 17.5 Å². The maximum absolute atomic E-state index is 11.5. The number of unbranched alkanes of at least 4 members (excludes halogenated alkanes) is 7. The molecule has 0 saturated carbocycles. The fraction of sp³-hybridized carbons (Fsp3) is 0.722. The molecule has 0 heterocycles. The van der Waals surface area contributed by atoms with Crippen molar-refractivity contribution in [3.8, 4) is 0 Å². The van der Waals surface area contributed by atoms with Gasteiger partial charge in [-0.3, -0.25) is 9.59 Å². The first-order valence-corrected chi connectivity index (χ1v) is 8.97. The standard InChI is InChI=1S/C18H31NO6/c20-14-15(18(24)25)19-16(21)12-10-8-6-4-2-1-3-5-7-9-11-13-17(22)23/h2,4,15,20H,1,3,5-14H2,(H,19,21)(H,22,23)(H,24,25)/b4-2-. The van der Waals surface area contributed by atoms with Crippen LogP contribution in [0.1, 0.15) is 70.6 Å². The lowest BCUT2D eigenvalue weighted by molar-refractivity contribution is -0.143. The molecule has 25 heavy (non-hydrogen) atoms. The average molecular weight is 357 g/mol. The molecule has 0 aromatic rings. The molecule has 0 aliphatic rings. The van der Waals surface area contributed by atoms with Crippen LogP contribution >= 0.6 is 0 Å². The van der Waals surface area contributed by atoms with Gasteiger partial charge in [0.15, 0.2) is 0 Å². The van der Waals surface area contributed by atoms with E-state index >= 15 is 0 Å². The molecule has 0 spiro atoms. The molecule has 0 bridgehead atoms. The summed E-state index contributed by atoms with van der Waals surface area (Å²) >= 11 is 0. The van der Waals surface area contributed by atoms with Gasteiger partial charge in [0.25, 0.3) is 0 Å². The van der Waals surface area contributed by atoms with E-state index in [-0.39, 0.29) is 18.7 Å². The molecule has 0 aromatic carbocycles. The van der Waals surface area contributed by atoms with E-state index in [9.17, 15) is 14.4 Å². The van der Waals surface area contributed by atoms with Crippen LogP contribution in [-0.4, -0.2) is 45.8 Å². The minimum Gasteiger partial charge on any atom is -0.481 e. The fourth-order valence-corrected chi connectivity index (χ4v) is 2.30. The van der Waals surface area contributed by atoms with Crippen molar-refractivity contribution in [2.45, 2.75) is 76.7 Å². The minimum atomic E-state index is -1.24. The predicted octanol–water partition coefficient (Wildman–Crippen LogP) is 2.48. The monoisotopic (exact) mass is 357 g/mol. The number of rotatable bonds is 16. The van der Waals surface area contributed by atoms with Crippen molar-refractivity contribution in [3.63, 3.8) is 0 Å². The van der Waals surface area contributed by atoms with Crippen LogP contribution in [0.2, 0.25) is 0 Å². The summed E-state index contributed by atoms with van der Waals surface area (Å²) in [5, 5.41) is 28.3. The summed E-state index contributed by atoms with van der Waals surface area (Å²) in [6.07, 6.45) is 13.2. The maximum Gasteiger partial charge on any atom is 0.328 e. The second-order valence-corrected chi connectivity index (χ2v) is 6.06. The van der Waals surface area contributed by atoms with Crippen LogP contribution in [0.25, 0.3) is 0 Å². The summed E-state index contributed by atoms with van der Waals surface area (Å²) < 4.78 is 0. The number of carbonyl (C=O) groups excluding carboxylic acids is 1. The lowest BCUT2D eigenvalue weighted by Crippen LogP contribution is -2.43. The number of carboxylic acid groups (broad SMARTS) is 2. The van der Waals surface area contributed by atoms with E-state index in [1.807, 2.05) is 0 Å². The maximum atomic E-state index is 11.5. The second-order valence-electron chi connectivity index (χ2n) is 6.06. The van der Waals surface area contributed by atoms with Gasteiger partial charge in [0.2, 0.25) is 5.91 Å². The third-order valence-corrected chi connectivity index (χ3v) is 3.77. The quantitative estimate of drug-likeness (QED) is 0.248. The van der Waals surface area contributed by atoms with Gasteiger partial charge in [-0.2, -0.15) is 0 Å². The lowest BCUT2D eigenvalue weighted by Gasteiger charge is -2.11. The van der Waals surface area contributed by atoms with E-state index in [4.69, 9.17) is 15.3 Å². The van der Waals surface area contributed by atoms with Crippen LogP contribution in [0.5, 0.6) is 0 Å². The highest BCUT2D eigenvalue weighted by Gasteiger charge is 2.17. The van der Waals surface area contributed by atoms with Crippen LogP contribution in [0.15, 0.2) is 12.2 Å². The third-order valence-electron chi connectivity index (χ3n) is 3.77. The number of carboxylic acids is 2. The normalized spacial score (nSPS) is 12.2. The number of hydrogen-bond donors (Lipinski definition) is 4. The third kappa shape index (κ3) is 15.4. The molecule has 0 saturated heterocycles. The zero-order valence-corrected chi connectivity index (χ0v) is 14.8. The fourth-order valence-electron chi connectivity index (χ4n) is 2.30. The molecular formula is C18H31NO6. The Labute approximate surface area is 149 Å². The molecule has 1 amide bonds. The number of allylic oxidation sites excluding steroid dienone is 2. The second kappa shape index (κ2) is 15.6. The summed E-state index contributed by atoms with van der Waals surface area (Å²) in [4.78, 5) is 32.5. The molecule has 7 nitrogen and oxygen atoms in total. The van der Waals surface area contributed by atoms with Crippen molar-refractivity contribution in [2.75, 3.05) is 6.61 Å². The van der Waals surface area contributed by atoms with Gasteiger partial charge >= 0.3 is 11.9 Å². The number of amides is 1. The number of hydrogen-bond acceptors (Lipinski definition) is 4. The molecule has 0 aliphatic heterocycles. The Morgan fingerprint density at radius 3 is 1.88 bits per heavy atom. The van der Waals surface area contributed by atoms with E-state index in [0.29, 0.717) is 6.42 Å². The number of nitrogens with one attached hydrogen (secondary N) is 1. The zero-order valence-electron chi connectivity index (χ0n) is 14.8. The van der Waals surface area contributed by atoms with Gasteiger partial charge in [0, 0.05) is 12.8 Å². The summed E-state index contributed by atoms with van der Waals surface area (Å²) in [5.41, 5.74) is 0. The van der Waals surface area contributed by atoms with Gasteiger partial charge in [0.05, 0.1) is 6.61 Å². The number of aliphatic carboxylic acids is 2. The molecule has 1 atom stereocenters. The summed E-state index contributed by atoms with van der Waals surface area (Å²) in [6.45, 7) is -0.608.